The summed E-state index contributed by atoms with van der Waals surface area (Å²) in [6, 6.07) is 5.31. The Morgan fingerprint density at radius 3 is 2.79 bits per heavy atom. The third kappa shape index (κ3) is 1.58. The van der Waals surface area contributed by atoms with Crippen molar-refractivity contribution >= 4 is 5.78 Å². The number of aromatic nitrogens is 5. The number of rotatable bonds is 1. The quantitative estimate of drug-likeness (QED) is 0.685. The molecule has 0 atom stereocenters. The lowest BCUT2D eigenvalue weighted by molar-refractivity contribution is 0.971. The standard InChI is InChI=1S/C12H8N6O/c1-7-16-17-12-15-10(8-2-4-14-5-3-8)9(6-13)11(19)18(7)12/h2-5H,1H3,(H,15,17). The van der Waals surface area contributed by atoms with Gasteiger partial charge in [0.15, 0.2) is 0 Å². The van der Waals surface area contributed by atoms with Gasteiger partial charge < -0.3 is 0 Å². The molecular formula is C12H8N6O. The SMILES string of the molecule is Cc1n[nH]c2nc(-c3ccncc3)c(C#N)c(=O)n12. The fraction of sp³-hybridized carbons (Fsp3) is 0.0833. The van der Waals surface area contributed by atoms with Gasteiger partial charge in [-0.15, -0.1) is 0 Å². The van der Waals surface area contributed by atoms with Gasteiger partial charge in [0, 0.05) is 18.0 Å². The number of aryl methyl sites for hydroxylation is 1. The first kappa shape index (κ1) is 11.1. The Hall–Kier alpha value is -3.01. The average Bonchev–Trinajstić information content (AvgIpc) is 2.81. The Morgan fingerprint density at radius 2 is 2.11 bits per heavy atom. The fourth-order valence-electron chi connectivity index (χ4n) is 1.90. The van der Waals surface area contributed by atoms with Gasteiger partial charge in [0.1, 0.15) is 17.5 Å². The van der Waals surface area contributed by atoms with E-state index in [0.717, 1.165) is 0 Å². The lowest BCUT2D eigenvalue weighted by Gasteiger charge is -2.03. The molecule has 0 aliphatic heterocycles. The summed E-state index contributed by atoms with van der Waals surface area (Å²) in [4.78, 5) is 20.5. The van der Waals surface area contributed by atoms with Crippen molar-refractivity contribution in [3.05, 3.63) is 46.3 Å². The number of hydrogen-bond acceptors (Lipinski definition) is 5. The van der Waals surface area contributed by atoms with E-state index < -0.39 is 5.56 Å². The van der Waals surface area contributed by atoms with E-state index >= 15 is 0 Å². The molecule has 19 heavy (non-hydrogen) atoms. The van der Waals surface area contributed by atoms with Crippen LogP contribution < -0.4 is 5.56 Å². The van der Waals surface area contributed by atoms with Crippen LogP contribution in [0.2, 0.25) is 0 Å². The zero-order valence-corrected chi connectivity index (χ0v) is 9.95. The minimum absolute atomic E-state index is 0.00630. The van der Waals surface area contributed by atoms with Crippen LogP contribution in [0.25, 0.3) is 17.0 Å². The van der Waals surface area contributed by atoms with Crippen LogP contribution in [0.1, 0.15) is 11.4 Å². The Kier molecular flexibility index (Phi) is 2.35. The summed E-state index contributed by atoms with van der Waals surface area (Å²) in [5.41, 5.74) is 0.565. The van der Waals surface area contributed by atoms with Gasteiger partial charge in [-0.2, -0.15) is 10.4 Å². The molecule has 92 valence electrons. The average molecular weight is 252 g/mol. The van der Waals surface area contributed by atoms with Crippen LogP contribution in [0.5, 0.6) is 0 Å². The number of nitrogens with zero attached hydrogens (tertiary/aromatic N) is 5. The minimum atomic E-state index is -0.425. The maximum absolute atomic E-state index is 12.3. The van der Waals surface area contributed by atoms with Crippen molar-refractivity contribution < 1.29 is 0 Å². The zero-order valence-electron chi connectivity index (χ0n) is 9.95. The first-order valence-electron chi connectivity index (χ1n) is 5.50. The number of nitrogens with one attached hydrogen (secondary N) is 1. The van der Waals surface area contributed by atoms with E-state index in [1.165, 1.54) is 4.40 Å². The van der Waals surface area contributed by atoms with Gasteiger partial charge in [0.2, 0.25) is 5.78 Å². The zero-order chi connectivity index (χ0) is 13.4. The normalized spacial score (nSPS) is 10.5. The number of nitriles is 1. The number of pyridine rings is 1. The Morgan fingerprint density at radius 1 is 1.37 bits per heavy atom. The van der Waals surface area contributed by atoms with Crippen molar-refractivity contribution in [2.24, 2.45) is 0 Å². The van der Waals surface area contributed by atoms with Crippen LogP contribution in [-0.2, 0) is 0 Å². The molecule has 0 fully saturated rings. The van der Waals surface area contributed by atoms with Gasteiger partial charge in [-0.05, 0) is 19.1 Å². The van der Waals surface area contributed by atoms with Crippen LogP contribution in [-0.4, -0.2) is 24.6 Å². The van der Waals surface area contributed by atoms with E-state index in [-0.39, 0.29) is 5.56 Å². The molecule has 3 heterocycles. The molecule has 0 saturated carbocycles. The largest absolute Gasteiger partial charge is 0.279 e. The monoisotopic (exact) mass is 252 g/mol. The third-order valence-electron chi connectivity index (χ3n) is 2.79. The maximum Gasteiger partial charge on any atom is 0.279 e. The molecule has 7 nitrogen and oxygen atoms in total. The van der Waals surface area contributed by atoms with Crippen LogP contribution in [0.3, 0.4) is 0 Å². The molecule has 0 spiro atoms. The molecule has 0 radical (unpaired) electrons. The molecule has 0 aromatic carbocycles. The number of H-pyrrole nitrogens is 1. The molecule has 0 bridgehead atoms. The lowest BCUT2D eigenvalue weighted by Crippen LogP contribution is -2.19. The number of aromatic amines is 1. The summed E-state index contributed by atoms with van der Waals surface area (Å²) in [6.07, 6.45) is 3.16. The summed E-state index contributed by atoms with van der Waals surface area (Å²) < 4.78 is 1.28. The summed E-state index contributed by atoms with van der Waals surface area (Å²) in [5.74, 6) is 0.776. The second-order valence-electron chi connectivity index (χ2n) is 3.92. The van der Waals surface area contributed by atoms with E-state index in [1.54, 1.807) is 31.5 Å². The Balaban J connectivity index is 2.44. The van der Waals surface area contributed by atoms with E-state index in [0.29, 0.717) is 22.9 Å². The highest BCUT2D eigenvalue weighted by Crippen LogP contribution is 2.18. The van der Waals surface area contributed by atoms with Gasteiger partial charge in [-0.25, -0.2) is 14.5 Å². The summed E-state index contributed by atoms with van der Waals surface area (Å²) in [7, 11) is 0. The maximum atomic E-state index is 12.3. The molecule has 7 heteroatoms. The molecular weight excluding hydrogens is 244 g/mol. The minimum Gasteiger partial charge on any atom is -0.267 e. The molecule has 1 N–H and O–H groups in total. The second kappa shape index (κ2) is 4.03. The van der Waals surface area contributed by atoms with Crippen molar-refractivity contribution in [3.63, 3.8) is 0 Å². The Labute approximate surface area is 107 Å². The van der Waals surface area contributed by atoms with Crippen molar-refractivity contribution in [1.82, 2.24) is 24.6 Å². The van der Waals surface area contributed by atoms with Crippen molar-refractivity contribution in [2.75, 3.05) is 0 Å². The number of fused-ring (bicyclic) bond motifs is 1. The topological polar surface area (TPSA) is 99.7 Å². The second-order valence-corrected chi connectivity index (χ2v) is 3.92. The molecule has 3 aromatic rings. The van der Waals surface area contributed by atoms with E-state index in [1.807, 2.05) is 6.07 Å². The molecule has 0 aliphatic carbocycles. The summed E-state index contributed by atoms with van der Waals surface area (Å²) >= 11 is 0. The van der Waals surface area contributed by atoms with Crippen LogP contribution in [0.15, 0.2) is 29.3 Å². The highest BCUT2D eigenvalue weighted by Gasteiger charge is 2.16. The molecule has 0 saturated heterocycles. The summed E-state index contributed by atoms with van der Waals surface area (Å²) in [5, 5.41) is 15.8. The fourth-order valence-corrected chi connectivity index (χ4v) is 1.90. The van der Waals surface area contributed by atoms with Crippen molar-refractivity contribution in [2.45, 2.75) is 6.92 Å². The van der Waals surface area contributed by atoms with Crippen molar-refractivity contribution in [3.8, 4) is 17.3 Å². The number of hydrogen-bond donors (Lipinski definition) is 1. The molecule has 0 unspecified atom stereocenters. The molecule has 3 aromatic heterocycles. The highest BCUT2D eigenvalue weighted by atomic mass is 16.1. The predicted octanol–water partition coefficient (Wildman–Crippen LogP) is 0.660. The third-order valence-corrected chi connectivity index (χ3v) is 2.79. The summed E-state index contributed by atoms with van der Waals surface area (Å²) in [6.45, 7) is 1.67. The van der Waals surface area contributed by atoms with Crippen LogP contribution in [0, 0.1) is 18.3 Å². The molecule has 3 rings (SSSR count). The first-order chi connectivity index (χ1) is 9.22. The van der Waals surface area contributed by atoms with Crippen LogP contribution in [0.4, 0.5) is 0 Å². The van der Waals surface area contributed by atoms with Crippen molar-refractivity contribution in [1.29, 1.82) is 5.26 Å². The van der Waals surface area contributed by atoms with Gasteiger partial charge in [-0.3, -0.25) is 9.78 Å². The molecule has 0 amide bonds. The lowest BCUT2D eigenvalue weighted by atomic mass is 10.1. The van der Waals surface area contributed by atoms with E-state index in [9.17, 15) is 10.1 Å². The molecule has 0 aliphatic rings. The first-order valence-corrected chi connectivity index (χ1v) is 5.50. The van der Waals surface area contributed by atoms with E-state index in [4.69, 9.17) is 0 Å². The van der Waals surface area contributed by atoms with Gasteiger partial charge in [0.05, 0.1) is 5.69 Å². The van der Waals surface area contributed by atoms with E-state index in [2.05, 4.69) is 20.2 Å². The Bertz CT molecular complexity index is 856. The van der Waals surface area contributed by atoms with Crippen LogP contribution >= 0.6 is 0 Å². The smallest absolute Gasteiger partial charge is 0.267 e. The van der Waals surface area contributed by atoms with Gasteiger partial charge in [0.25, 0.3) is 5.56 Å². The van der Waals surface area contributed by atoms with Gasteiger partial charge >= 0.3 is 0 Å². The highest BCUT2D eigenvalue weighted by molar-refractivity contribution is 5.67. The van der Waals surface area contributed by atoms with Gasteiger partial charge in [-0.1, -0.05) is 0 Å². The predicted molar refractivity (Wildman–Crippen MR) is 66.3 cm³/mol.